The van der Waals surface area contributed by atoms with Crippen LogP contribution in [0, 0.1) is 5.82 Å². The van der Waals surface area contributed by atoms with Crippen LogP contribution in [0.5, 0.6) is 5.75 Å². The molecule has 0 heterocycles. The Bertz CT molecular complexity index is 401. The number of nitrogens with one attached hydrogen (secondary N) is 1. The van der Waals surface area contributed by atoms with Gasteiger partial charge in [0.05, 0.1) is 6.61 Å². The molecule has 0 aliphatic heterocycles. The number of ether oxygens (including phenoxy) is 1. The fourth-order valence-corrected chi connectivity index (χ4v) is 1.50. The maximum Gasteiger partial charge on any atom is 0.165 e. The molecule has 0 saturated heterocycles. The van der Waals surface area contributed by atoms with Gasteiger partial charge in [0.1, 0.15) is 0 Å². The Balaban J connectivity index is 2.70. The first-order valence-corrected chi connectivity index (χ1v) is 6.28. The Morgan fingerprint density at radius 2 is 2.17 bits per heavy atom. The van der Waals surface area contributed by atoms with Crippen molar-refractivity contribution < 1.29 is 9.13 Å². The highest BCUT2D eigenvalue weighted by Gasteiger charge is 2.09. The lowest BCUT2D eigenvalue weighted by molar-refractivity contribution is 0.300. The number of hydrogen-bond acceptors (Lipinski definition) is 2. The van der Waals surface area contributed by atoms with Crippen LogP contribution in [-0.2, 0) is 6.54 Å². The van der Waals surface area contributed by atoms with E-state index in [-0.39, 0.29) is 5.82 Å². The van der Waals surface area contributed by atoms with Crippen molar-refractivity contribution in [2.24, 2.45) is 0 Å². The predicted octanol–water partition coefficient (Wildman–Crippen LogP) is 3.67. The minimum Gasteiger partial charge on any atom is -0.490 e. The molecule has 0 amide bonds. The minimum atomic E-state index is -0.306. The summed E-state index contributed by atoms with van der Waals surface area (Å²) in [6.07, 6.45) is 0.741. The van der Waals surface area contributed by atoms with E-state index in [4.69, 9.17) is 4.74 Å². The van der Waals surface area contributed by atoms with Gasteiger partial charge in [-0.3, -0.25) is 0 Å². The molecule has 1 N–H and O–H groups in total. The van der Waals surface area contributed by atoms with E-state index in [1.54, 1.807) is 6.07 Å². The summed E-state index contributed by atoms with van der Waals surface area (Å²) < 4.78 is 19.3. The largest absolute Gasteiger partial charge is 0.490 e. The summed E-state index contributed by atoms with van der Waals surface area (Å²) in [6.45, 7) is 10.9. The molecule has 0 spiro atoms. The van der Waals surface area contributed by atoms with Crippen molar-refractivity contribution in [3.63, 3.8) is 0 Å². The van der Waals surface area contributed by atoms with Crippen molar-refractivity contribution in [3.05, 3.63) is 41.7 Å². The van der Waals surface area contributed by atoms with Crippen molar-refractivity contribution >= 4 is 0 Å². The van der Waals surface area contributed by atoms with E-state index in [2.05, 4.69) is 25.7 Å². The molecule has 1 rings (SSSR count). The van der Waals surface area contributed by atoms with Crippen LogP contribution < -0.4 is 10.1 Å². The average Bonchev–Trinajstić information content (AvgIpc) is 2.28. The summed E-state index contributed by atoms with van der Waals surface area (Å²) >= 11 is 0. The molecule has 2 nitrogen and oxygen atoms in total. The van der Waals surface area contributed by atoms with Crippen LogP contribution in [0.3, 0.4) is 0 Å². The van der Waals surface area contributed by atoms with E-state index in [0.717, 1.165) is 17.6 Å². The molecular weight excluding hydrogens is 229 g/mol. The Morgan fingerprint density at radius 3 is 2.78 bits per heavy atom. The van der Waals surface area contributed by atoms with Gasteiger partial charge in [0.25, 0.3) is 0 Å². The van der Waals surface area contributed by atoms with Gasteiger partial charge in [0.2, 0.25) is 0 Å². The maximum absolute atomic E-state index is 13.7. The normalized spacial score (nSPS) is 10.7. The van der Waals surface area contributed by atoms with Gasteiger partial charge in [-0.15, -0.1) is 6.58 Å². The number of para-hydroxylation sites is 1. The van der Waals surface area contributed by atoms with Gasteiger partial charge in [-0.2, -0.15) is 0 Å². The molecule has 0 aromatic heterocycles. The monoisotopic (exact) mass is 251 g/mol. The summed E-state index contributed by atoms with van der Waals surface area (Å²) in [5.41, 5.74) is 1.89. The molecule has 0 saturated carbocycles. The Labute approximate surface area is 109 Å². The number of benzene rings is 1. The van der Waals surface area contributed by atoms with E-state index >= 15 is 0 Å². The molecule has 1 aromatic rings. The highest BCUT2D eigenvalue weighted by Crippen LogP contribution is 2.23. The van der Waals surface area contributed by atoms with E-state index in [0.29, 0.717) is 24.9 Å². The molecular formula is C15H22FNO. The summed E-state index contributed by atoms with van der Waals surface area (Å²) in [6, 6.07) is 5.37. The van der Waals surface area contributed by atoms with Crippen LogP contribution >= 0.6 is 0 Å². The lowest BCUT2D eigenvalue weighted by Gasteiger charge is -2.14. The third kappa shape index (κ3) is 4.88. The number of halogens is 1. The van der Waals surface area contributed by atoms with Crippen molar-refractivity contribution in [1.82, 2.24) is 5.32 Å². The molecule has 0 bridgehead atoms. The Kier molecular flexibility index (Phi) is 5.86. The zero-order valence-electron chi connectivity index (χ0n) is 11.4. The van der Waals surface area contributed by atoms with Gasteiger partial charge in [-0.05, 0) is 13.0 Å². The van der Waals surface area contributed by atoms with Gasteiger partial charge < -0.3 is 10.1 Å². The second-order valence-corrected chi connectivity index (χ2v) is 4.82. The lowest BCUT2D eigenvalue weighted by Crippen LogP contribution is -2.22. The van der Waals surface area contributed by atoms with Gasteiger partial charge in [-0.25, -0.2) is 4.39 Å². The zero-order chi connectivity index (χ0) is 13.5. The third-order valence-electron chi connectivity index (χ3n) is 2.52. The fraction of sp³-hybridized carbons (Fsp3) is 0.467. The quantitative estimate of drug-likeness (QED) is 0.747. The van der Waals surface area contributed by atoms with Crippen LogP contribution in [0.15, 0.2) is 30.4 Å². The highest BCUT2D eigenvalue weighted by atomic mass is 19.1. The fourth-order valence-electron chi connectivity index (χ4n) is 1.50. The predicted molar refractivity (Wildman–Crippen MR) is 73.3 cm³/mol. The summed E-state index contributed by atoms with van der Waals surface area (Å²) in [7, 11) is 0. The van der Waals surface area contributed by atoms with E-state index in [9.17, 15) is 4.39 Å². The molecule has 0 fully saturated rings. The van der Waals surface area contributed by atoms with Gasteiger partial charge >= 0.3 is 0 Å². The van der Waals surface area contributed by atoms with Crippen LogP contribution in [0.1, 0.15) is 32.8 Å². The van der Waals surface area contributed by atoms with E-state index < -0.39 is 0 Å². The lowest BCUT2D eigenvalue weighted by atomic mass is 10.2. The SMILES string of the molecule is C=C(C)CCOc1c(F)cccc1CNC(C)C. The highest BCUT2D eigenvalue weighted by molar-refractivity contribution is 5.35. The van der Waals surface area contributed by atoms with Gasteiger partial charge in [0, 0.05) is 24.6 Å². The molecule has 3 heteroatoms. The first-order valence-electron chi connectivity index (χ1n) is 6.28. The molecule has 0 aliphatic rings. The first kappa shape index (κ1) is 14.7. The van der Waals surface area contributed by atoms with E-state index in [1.807, 2.05) is 13.0 Å². The smallest absolute Gasteiger partial charge is 0.165 e. The number of rotatable bonds is 7. The van der Waals surface area contributed by atoms with Crippen LogP contribution in [0.2, 0.25) is 0 Å². The number of hydrogen-bond donors (Lipinski definition) is 1. The van der Waals surface area contributed by atoms with Crippen molar-refractivity contribution in [2.75, 3.05) is 6.61 Å². The summed E-state index contributed by atoms with van der Waals surface area (Å²) in [5, 5.41) is 3.26. The maximum atomic E-state index is 13.7. The Morgan fingerprint density at radius 1 is 1.44 bits per heavy atom. The summed E-state index contributed by atoms with van der Waals surface area (Å²) in [5.74, 6) is 0.0478. The topological polar surface area (TPSA) is 21.3 Å². The molecule has 0 radical (unpaired) electrons. The average molecular weight is 251 g/mol. The van der Waals surface area contributed by atoms with Crippen molar-refractivity contribution in [3.8, 4) is 5.75 Å². The molecule has 0 unspecified atom stereocenters. The molecule has 18 heavy (non-hydrogen) atoms. The standard InChI is InChI=1S/C15H22FNO/c1-11(2)8-9-18-15-13(10-17-12(3)4)6-5-7-14(15)16/h5-7,12,17H,1,8-10H2,2-4H3. The van der Waals surface area contributed by atoms with Crippen molar-refractivity contribution in [2.45, 2.75) is 39.8 Å². The Hall–Kier alpha value is -1.35. The first-order chi connectivity index (χ1) is 8.50. The van der Waals surface area contributed by atoms with E-state index in [1.165, 1.54) is 6.07 Å². The molecule has 0 atom stereocenters. The van der Waals surface area contributed by atoms with Crippen LogP contribution in [0.4, 0.5) is 4.39 Å². The van der Waals surface area contributed by atoms with Crippen molar-refractivity contribution in [1.29, 1.82) is 0 Å². The second kappa shape index (κ2) is 7.17. The molecule has 1 aromatic carbocycles. The summed E-state index contributed by atoms with van der Waals surface area (Å²) in [4.78, 5) is 0. The third-order valence-corrected chi connectivity index (χ3v) is 2.52. The second-order valence-electron chi connectivity index (χ2n) is 4.82. The molecule has 100 valence electrons. The molecule has 0 aliphatic carbocycles. The minimum absolute atomic E-state index is 0.306. The van der Waals surface area contributed by atoms with Crippen LogP contribution in [-0.4, -0.2) is 12.6 Å². The van der Waals surface area contributed by atoms with Gasteiger partial charge in [-0.1, -0.05) is 31.6 Å². The van der Waals surface area contributed by atoms with Gasteiger partial charge in [0.15, 0.2) is 11.6 Å². The zero-order valence-corrected chi connectivity index (χ0v) is 11.4. The van der Waals surface area contributed by atoms with Crippen LogP contribution in [0.25, 0.3) is 0 Å².